The minimum atomic E-state index is 0.304. The van der Waals surface area contributed by atoms with Gasteiger partial charge in [0.1, 0.15) is 11.6 Å². The molecule has 4 rings (SSSR count). The highest BCUT2D eigenvalue weighted by atomic mass is 16.5. The third-order valence-corrected chi connectivity index (χ3v) is 5.69. The van der Waals surface area contributed by atoms with E-state index in [1.165, 1.54) is 5.56 Å². The molecule has 1 saturated heterocycles. The summed E-state index contributed by atoms with van der Waals surface area (Å²) in [5.74, 6) is 3.08. The van der Waals surface area contributed by atoms with Crippen molar-refractivity contribution in [2.45, 2.75) is 25.4 Å². The molecule has 0 atom stereocenters. The zero-order valence-electron chi connectivity index (χ0n) is 18.2. The van der Waals surface area contributed by atoms with Crippen LogP contribution in [0.25, 0.3) is 10.9 Å². The Hall–Kier alpha value is -3.26. The van der Waals surface area contributed by atoms with Crippen LogP contribution < -0.4 is 25.3 Å². The number of anilines is 2. The summed E-state index contributed by atoms with van der Waals surface area (Å²) >= 11 is 0. The van der Waals surface area contributed by atoms with Crippen molar-refractivity contribution >= 4 is 22.7 Å². The van der Waals surface area contributed by atoms with Gasteiger partial charge < -0.3 is 25.3 Å². The zero-order valence-corrected chi connectivity index (χ0v) is 18.2. The number of nitrogens with one attached hydrogen (secondary N) is 1. The van der Waals surface area contributed by atoms with Crippen LogP contribution in [0, 0.1) is 0 Å². The molecule has 2 aromatic carbocycles. The predicted molar refractivity (Wildman–Crippen MR) is 122 cm³/mol. The summed E-state index contributed by atoms with van der Waals surface area (Å²) in [7, 11) is 4.90. The quantitative estimate of drug-likeness (QED) is 0.598. The van der Waals surface area contributed by atoms with E-state index >= 15 is 0 Å². The van der Waals surface area contributed by atoms with Gasteiger partial charge in [0.15, 0.2) is 11.5 Å². The summed E-state index contributed by atoms with van der Waals surface area (Å²) in [4.78, 5) is 11.6. The standard InChI is InChI=1S/C23H29N5O3/c1-29-17-6-4-5-15(11-17)14-28-9-7-16(8-10-28)25-23-26-19-13-21(31-3)20(30-2)12-18(19)22(24)27-23/h4-6,11-13,16H,7-10,14H2,1-3H3,(H3,24,25,26,27). The third kappa shape index (κ3) is 4.74. The van der Waals surface area contributed by atoms with E-state index in [1.807, 2.05) is 24.3 Å². The first-order chi connectivity index (χ1) is 15.1. The zero-order chi connectivity index (χ0) is 21.8. The Bertz CT molecular complexity index is 1050. The fraction of sp³-hybridized carbons (Fsp3) is 0.391. The number of nitrogens with two attached hydrogens (primary N) is 1. The van der Waals surface area contributed by atoms with Crippen LogP contribution in [0.2, 0.25) is 0 Å². The number of fused-ring (bicyclic) bond motifs is 1. The molecule has 0 radical (unpaired) electrons. The van der Waals surface area contributed by atoms with Crippen LogP contribution in [0.5, 0.6) is 17.2 Å². The molecular weight excluding hydrogens is 394 g/mol. The lowest BCUT2D eigenvalue weighted by molar-refractivity contribution is 0.211. The molecule has 1 aliphatic rings. The highest BCUT2D eigenvalue weighted by Gasteiger charge is 2.21. The second-order valence-corrected chi connectivity index (χ2v) is 7.70. The first kappa shape index (κ1) is 21.0. The normalized spacial score (nSPS) is 15.1. The molecule has 1 fully saturated rings. The van der Waals surface area contributed by atoms with Crippen molar-refractivity contribution in [3.05, 3.63) is 42.0 Å². The number of nitrogens with zero attached hydrogens (tertiary/aromatic N) is 3. The summed E-state index contributed by atoms with van der Waals surface area (Å²) in [6, 6.07) is 12.2. The fourth-order valence-corrected chi connectivity index (χ4v) is 3.99. The second kappa shape index (κ2) is 9.26. The molecule has 0 spiro atoms. The van der Waals surface area contributed by atoms with E-state index in [2.05, 4.69) is 32.3 Å². The first-order valence-corrected chi connectivity index (χ1v) is 10.4. The number of benzene rings is 2. The van der Waals surface area contributed by atoms with Gasteiger partial charge in [0.2, 0.25) is 5.95 Å². The molecule has 3 N–H and O–H groups in total. The largest absolute Gasteiger partial charge is 0.497 e. The molecule has 1 aromatic heterocycles. The van der Waals surface area contributed by atoms with Crippen LogP contribution in [-0.4, -0.2) is 55.3 Å². The lowest BCUT2D eigenvalue weighted by atomic mass is 10.0. The van der Waals surface area contributed by atoms with Gasteiger partial charge in [0.05, 0.1) is 26.8 Å². The lowest BCUT2D eigenvalue weighted by Crippen LogP contribution is -2.39. The maximum absolute atomic E-state index is 6.20. The minimum absolute atomic E-state index is 0.304. The highest BCUT2D eigenvalue weighted by molar-refractivity contribution is 5.91. The van der Waals surface area contributed by atoms with Crippen molar-refractivity contribution in [1.29, 1.82) is 0 Å². The summed E-state index contributed by atoms with van der Waals surface area (Å²) in [5, 5.41) is 4.21. The molecular formula is C23H29N5O3. The number of piperidine rings is 1. The average molecular weight is 424 g/mol. The SMILES string of the molecule is COc1cccc(CN2CCC(Nc3nc(N)c4cc(OC)c(OC)cc4n3)CC2)c1. The smallest absolute Gasteiger partial charge is 0.225 e. The Morgan fingerprint density at radius 2 is 1.74 bits per heavy atom. The van der Waals surface area contributed by atoms with Gasteiger partial charge in [0.25, 0.3) is 0 Å². The fourth-order valence-electron chi connectivity index (χ4n) is 3.99. The monoisotopic (exact) mass is 423 g/mol. The van der Waals surface area contributed by atoms with Crippen molar-refractivity contribution in [2.75, 3.05) is 45.5 Å². The van der Waals surface area contributed by atoms with Gasteiger partial charge in [-0.25, -0.2) is 4.98 Å². The van der Waals surface area contributed by atoms with E-state index in [9.17, 15) is 0 Å². The van der Waals surface area contributed by atoms with Crippen LogP contribution in [-0.2, 0) is 6.54 Å². The molecule has 8 heteroatoms. The van der Waals surface area contributed by atoms with E-state index in [4.69, 9.17) is 19.9 Å². The summed E-state index contributed by atoms with van der Waals surface area (Å²) in [5.41, 5.74) is 8.19. The van der Waals surface area contributed by atoms with Gasteiger partial charge in [-0.3, -0.25) is 4.90 Å². The molecule has 0 saturated carbocycles. The molecule has 0 unspecified atom stereocenters. The molecule has 31 heavy (non-hydrogen) atoms. The van der Waals surface area contributed by atoms with Crippen LogP contribution in [0.4, 0.5) is 11.8 Å². The number of likely N-dealkylation sites (tertiary alicyclic amines) is 1. The van der Waals surface area contributed by atoms with Gasteiger partial charge in [0, 0.05) is 37.1 Å². The Labute approximate surface area is 182 Å². The minimum Gasteiger partial charge on any atom is -0.497 e. The van der Waals surface area contributed by atoms with E-state index in [0.29, 0.717) is 29.3 Å². The van der Waals surface area contributed by atoms with Gasteiger partial charge in [-0.05, 0) is 36.6 Å². The summed E-state index contributed by atoms with van der Waals surface area (Å²) in [6.07, 6.45) is 2.02. The van der Waals surface area contributed by atoms with Crippen LogP contribution in [0.3, 0.4) is 0 Å². The van der Waals surface area contributed by atoms with Crippen molar-refractivity contribution in [3.63, 3.8) is 0 Å². The molecule has 2 heterocycles. The molecule has 164 valence electrons. The van der Waals surface area contributed by atoms with E-state index in [1.54, 1.807) is 21.3 Å². The Kier molecular flexibility index (Phi) is 6.27. The van der Waals surface area contributed by atoms with Crippen molar-refractivity contribution < 1.29 is 14.2 Å². The molecule has 0 aliphatic carbocycles. The number of aromatic nitrogens is 2. The Balaban J connectivity index is 1.41. The predicted octanol–water partition coefficient (Wildman–Crippen LogP) is 3.31. The number of nitrogen functional groups attached to an aromatic ring is 1. The van der Waals surface area contributed by atoms with E-state index in [0.717, 1.165) is 49.1 Å². The topological polar surface area (TPSA) is 94.8 Å². The maximum Gasteiger partial charge on any atom is 0.225 e. The molecule has 3 aromatic rings. The number of methoxy groups -OCH3 is 3. The van der Waals surface area contributed by atoms with Gasteiger partial charge >= 0.3 is 0 Å². The van der Waals surface area contributed by atoms with Gasteiger partial charge in [-0.1, -0.05) is 12.1 Å². The number of rotatable bonds is 7. The number of hydrogen-bond acceptors (Lipinski definition) is 8. The van der Waals surface area contributed by atoms with Crippen molar-refractivity contribution in [1.82, 2.24) is 14.9 Å². The van der Waals surface area contributed by atoms with Crippen molar-refractivity contribution in [2.24, 2.45) is 0 Å². The number of hydrogen-bond donors (Lipinski definition) is 2. The summed E-state index contributed by atoms with van der Waals surface area (Å²) in [6.45, 7) is 2.93. The Morgan fingerprint density at radius 1 is 1.00 bits per heavy atom. The van der Waals surface area contributed by atoms with E-state index in [-0.39, 0.29) is 0 Å². The molecule has 0 bridgehead atoms. The highest BCUT2D eigenvalue weighted by Crippen LogP contribution is 2.33. The number of ether oxygens (including phenoxy) is 3. The van der Waals surface area contributed by atoms with Crippen LogP contribution in [0.1, 0.15) is 18.4 Å². The molecule has 8 nitrogen and oxygen atoms in total. The molecule has 1 aliphatic heterocycles. The summed E-state index contributed by atoms with van der Waals surface area (Å²) < 4.78 is 16.1. The van der Waals surface area contributed by atoms with Crippen LogP contribution >= 0.6 is 0 Å². The van der Waals surface area contributed by atoms with Crippen molar-refractivity contribution in [3.8, 4) is 17.2 Å². The van der Waals surface area contributed by atoms with Gasteiger partial charge in [-0.2, -0.15) is 4.98 Å². The van der Waals surface area contributed by atoms with Crippen LogP contribution in [0.15, 0.2) is 36.4 Å². The Morgan fingerprint density at radius 3 is 2.45 bits per heavy atom. The van der Waals surface area contributed by atoms with E-state index < -0.39 is 0 Å². The molecule has 0 amide bonds. The van der Waals surface area contributed by atoms with Gasteiger partial charge in [-0.15, -0.1) is 0 Å². The maximum atomic E-state index is 6.20. The third-order valence-electron chi connectivity index (χ3n) is 5.69. The lowest BCUT2D eigenvalue weighted by Gasteiger charge is -2.32. The average Bonchev–Trinajstić information content (AvgIpc) is 2.79. The second-order valence-electron chi connectivity index (χ2n) is 7.70. The first-order valence-electron chi connectivity index (χ1n) is 10.4.